The summed E-state index contributed by atoms with van der Waals surface area (Å²) in [6.07, 6.45) is 1.92. The molecule has 1 heterocycles. The molecule has 0 amide bonds. The van der Waals surface area contributed by atoms with Gasteiger partial charge in [0, 0.05) is 21.8 Å². The Labute approximate surface area is 262 Å². The highest BCUT2D eigenvalue weighted by molar-refractivity contribution is 6.23. The van der Waals surface area contributed by atoms with Gasteiger partial charge in [0.05, 0.1) is 22.9 Å². The maximum absolute atomic E-state index is 5.24. The van der Waals surface area contributed by atoms with Crippen LogP contribution in [0.15, 0.2) is 146 Å². The Morgan fingerprint density at radius 1 is 0.444 bits per heavy atom. The van der Waals surface area contributed by atoms with Gasteiger partial charge in [0.15, 0.2) is 0 Å². The maximum atomic E-state index is 5.24. The van der Waals surface area contributed by atoms with Gasteiger partial charge in [-0.2, -0.15) is 0 Å². The zero-order valence-corrected chi connectivity index (χ0v) is 25.3. The average Bonchev–Trinajstić information content (AvgIpc) is 3.35. The molecule has 9 rings (SSSR count). The molecule has 2 nitrogen and oxygen atoms in total. The van der Waals surface area contributed by atoms with E-state index in [0.29, 0.717) is 0 Å². The molecule has 0 bridgehead atoms. The SMILES string of the molecule is CC1(C)c2ccccc2-c2cccc(-c3cccc(-c4cccc(-c5cnc6c7ccccc7c7ccccc7c6n5)c4)c3)c21. The Kier molecular flexibility index (Phi) is 5.58. The second-order valence-corrected chi connectivity index (χ2v) is 12.6. The van der Waals surface area contributed by atoms with Crippen molar-refractivity contribution in [2.75, 3.05) is 0 Å². The van der Waals surface area contributed by atoms with Crippen LogP contribution in [0.2, 0.25) is 0 Å². The van der Waals surface area contributed by atoms with E-state index in [-0.39, 0.29) is 5.41 Å². The molecule has 8 aromatic rings. The second kappa shape index (κ2) is 9.70. The topological polar surface area (TPSA) is 25.8 Å². The van der Waals surface area contributed by atoms with Crippen LogP contribution in [-0.4, -0.2) is 9.97 Å². The third-order valence-electron chi connectivity index (χ3n) is 9.67. The number of rotatable bonds is 3. The van der Waals surface area contributed by atoms with Crippen molar-refractivity contribution < 1.29 is 0 Å². The van der Waals surface area contributed by atoms with E-state index in [0.717, 1.165) is 38.6 Å². The summed E-state index contributed by atoms with van der Waals surface area (Å²) in [7, 11) is 0. The fourth-order valence-corrected chi connectivity index (χ4v) is 7.57. The molecule has 0 atom stereocenters. The van der Waals surface area contributed by atoms with Crippen LogP contribution in [0.4, 0.5) is 0 Å². The lowest BCUT2D eigenvalue weighted by molar-refractivity contribution is 0.662. The standard InChI is InChI=1S/C43H30N2/c1-43(2)38-23-8-7-18-34(38)35-22-11-21-31(40(35)43)29-14-9-12-27(24-29)28-13-10-15-30(25-28)39-26-44-41-36-19-5-3-16-32(36)33-17-4-6-20-37(33)42(41)45-39/h3-26H,1-2H3. The van der Waals surface area contributed by atoms with Crippen molar-refractivity contribution in [1.82, 2.24) is 9.97 Å². The Bertz CT molecular complexity index is 2430. The maximum Gasteiger partial charge on any atom is 0.0979 e. The van der Waals surface area contributed by atoms with E-state index in [4.69, 9.17) is 9.97 Å². The molecule has 45 heavy (non-hydrogen) atoms. The molecular weight excluding hydrogens is 544 g/mol. The third kappa shape index (κ3) is 3.89. The molecule has 2 heteroatoms. The van der Waals surface area contributed by atoms with Crippen LogP contribution in [0.25, 0.3) is 77.2 Å². The van der Waals surface area contributed by atoms with Crippen molar-refractivity contribution in [2.24, 2.45) is 0 Å². The first kappa shape index (κ1) is 25.9. The van der Waals surface area contributed by atoms with Crippen molar-refractivity contribution in [2.45, 2.75) is 19.3 Å². The highest BCUT2D eigenvalue weighted by atomic mass is 14.8. The number of hydrogen-bond acceptors (Lipinski definition) is 2. The first-order valence-corrected chi connectivity index (χ1v) is 15.6. The van der Waals surface area contributed by atoms with E-state index in [9.17, 15) is 0 Å². The predicted octanol–water partition coefficient (Wildman–Crippen LogP) is 11.2. The van der Waals surface area contributed by atoms with Gasteiger partial charge in [0.2, 0.25) is 0 Å². The van der Waals surface area contributed by atoms with Gasteiger partial charge in [-0.15, -0.1) is 0 Å². The lowest BCUT2D eigenvalue weighted by Crippen LogP contribution is -2.16. The molecule has 1 aliphatic rings. The molecular formula is C43H30N2. The molecule has 212 valence electrons. The van der Waals surface area contributed by atoms with Gasteiger partial charge in [0.25, 0.3) is 0 Å². The molecule has 0 saturated heterocycles. The summed E-state index contributed by atoms with van der Waals surface area (Å²) in [4.78, 5) is 10.2. The Hall–Kier alpha value is -5.60. The lowest BCUT2D eigenvalue weighted by atomic mass is 9.78. The van der Waals surface area contributed by atoms with Gasteiger partial charge in [-0.25, -0.2) is 4.98 Å². The summed E-state index contributed by atoms with van der Waals surface area (Å²) in [5.41, 5.74) is 14.1. The van der Waals surface area contributed by atoms with Crippen LogP contribution in [0.3, 0.4) is 0 Å². The molecule has 0 unspecified atom stereocenters. The van der Waals surface area contributed by atoms with E-state index >= 15 is 0 Å². The zero-order valence-electron chi connectivity index (χ0n) is 25.3. The van der Waals surface area contributed by atoms with Crippen molar-refractivity contribution in [3.63, 3.8) is 0 Å². The molecule has 7 aromatic carbocycles. The quantitative estimate of drug-likeness (QED) is 0.196. The molecule has 0 radical (unpaired) electrons. The van der Waals surface area contributed by atoms with Crippen LogP contribution in [-0.2, 0) is 5.41 Å². The minimum absolute atomic E-state index is 0.0668. The van der Waals surface area contributed by atoms with Gasteiger partial charge in [-0.05, 0) is 67.4 Å². The van der Waals surface area contributed by atoms with Crippen LogP contribution in [0.1, 0.15) is 25.0 Å². The minimum Gasteiger partial charge on any atom is -0.252 e. The molecule has 0 spiro atoms. The van der Waals surface area contributed by atoms with E-state index in [2.05, 4.69) is 153 Å². The number of nitrogens with zero attached hydrogens (tertiary/aromatic N) is 2. The largest absolute Gasteiger partial charge is 0.252 e. The van der Waals surface area contributed by atoms with E-state index < -0.39 is 0 Å². The van der Waals surface area contributed by atoms with Gasteiger partial charge in [0.1, 0.15) is 0 Å². The molecule has 0 fully saturated rings. The summed E-state index contributed by atoms with van der Waals surface area (Å²) < 4.78 is 0. The van der Waals surface area contributed by atoms with E-state index in [1.54, 1.807) is 0 Å². The second-order valence-electron chi connectivity index (χ2n) is 12.6. The smallest absolute Gasteiger partial charge is 0.0979 e. The molecule has 0 saturated carbocycles. The number of fused-ring (bicyclic) bond motifs is 9. The zero-order chi connectivity index (χ0) is 30.1. The molecule has 1 aliphatic carbocycles. The Balaban J connectivity index is 1.15. The van der Waals surface area contributed by atoms with Gasteiger partial charge in [-0.1, -0.05) is 141 Å². The van der Waals surface area contributed by atoms with Crippen molar-refractivity contribution in [3.05, 3.63) is 157 Å². The monoisotopic (exact) mass is 574 g/mol. The molecule has 0 N–H and O–H groups in total. The van der Waals surface area contributed by atoms with Crippen LogP contribution in [0, 0.1) is 0 Å². The third-order valence-corrected chi connectivity index (χ3v) is 9.67. The minimum atomic E-state index is -0.0668. The van der Waals surface area contributed by atoms with Crippen molar-refractivity contribution in [1.29, 1.82) is 0 Å². The predicted molar refractivity (Wildman–Crippen MR) is 188 cm³/mol. The first-order chi connectivity index (χ1) is 22.1. The Morgan fingerprint density at radius 2 is 0.978 bits per heavy atom. The summed E-state index contributed by atoms with van der Waals surface area (Å²) >= 11 is 0. The van der Waals surface area contributed by atoms with E-state index in [1.165, 1.54) is 49.7 Å². The highest BCUT2D eigenvalue weighted by Crippen LogP contribution is 2.52. The van der Waals surface area contributed by atoms with Gasteiger partial charge < -0.3 is 0 Å². The first-order valence-electron chi connectivity index (χ1n) is 15.6. The fourth-order valence-electron chi connectivity index (χ4n) is 7.57. The summed E-state index contributed by atoms with van der Waals surface area (Å²) in [5, 5.41) is 4.68. The number of aromatic nitrogens is 2. The summed E-state index contributed by atoms with van der Waals surface area (Å²) in [6.45, 7) is 4.70. The summed E-state index contributed by atoms with van der Waals surface area (Å²) in [6, 6.07) is 50.3. The molecule has 0 aliphatic heterocycles. The average molecular weight is 575 g/mol. The fraction of sp³-hybridized carbons (Fsp3) is 0.0698. The summed E-state index contributed by atoms with van der Waals surface area (Å²) in [5.74, 6) is 0. The van der Waals surface area contributed by atoms with Crippen LogP contribution < -0.4 is 0 Å². The van der Waals surface area contributed by atoms with Gasteiger partial charge >= 0.3 is 0 Å². The van der Waals surface area contributed by atoms with Crippen LogP contribution >= 0.6 is 0 Å². The highest BCUT2D eigenvalue weighted by Gasteiger charge is 2.37. The van der Waals surface area contributed by atoms with Gasteiger partial charge in [-0.3, -0.25) is 4.98 Å². The van der Waals surface area contributed by atoms with Crippen molar-refractivity contribution in [3.8, 4) is 44.6 Å². The lowest BCUT2D eigenvalue weighted by Gasteiger charge is -2.24. The number of hydrogen-bond donors (Lipinski definition) is 0. The van der Waals surface area contributed by atoms with Crippen molar-refractivity contribution >= 4 is 32.6 Å². The normalized spacial score (nSPS) is 13.3. The van der Waals surface area contributed by atoms with Crippen LogP contribution in [0.5, 0.6) is 0 Å². The molecule has 1 aromatic heterocycles. The van der Waals surface area contributed by atoms with E-state index in [1.807, 2.05) is 6.20 Å². The number of benzene rings is 7. The Morgan fingerprint density at radius 3 is 1.73 bits per heavy atom.